The molecule has 0 spiro atoms. The van der Waals surface area contributed by atoms with Crippen LogP contribution < -0.4 is 24.3 Å². The number of ether oxygens (including phenoxy) is 4. The maximum atomic E-state index is 12.8. The van der Waals surface area contributed by atoms with Crippen molar-refractivity contribution >= 4 is 11.6 Å². The number of carbonyl (C=O) groups is 1. The van der Waals surface area contributed by atoms with Crippen molar-refractivity contribution in [1.82, 2.24) is 4.90 Å². The van der Waals surface area contributed by atoms with E-state index >= 15 is 0 Å². The van der Waals surface area contributed by atoms with Crippen LogP contribution in [0.15, 0.2) is 36.4 Å². The predicted molar refractivity (Wildman–Crippen MR) is 111 cm³/mol. The molecule has 0 unspecified atom stereocenters. The molecule has 156 valence electrons. The minimum absolute atomic E-state index is 0.0954. The lowest BCUT2D eigenvalue weighted by Gasteiger charge is -2.26. The fourth-order valence-electron chi connectivity index (χ4n) is 3.75. The summed E-state index contributed by atoms with van der Waals surface area (Å²) < 4.78 is 21.5. The minimum atomic E-state index is -0.106. The smallest absolute Gasteiger partial charge is 0.238 e. The van der Waals surface area contributed by atoms with Gasteiger partial charge in [0.1, 0.15) is 23.0 Å². The molecular weight excluding hydrogens is 372 g/mol. The Labute approximate surface area is 171 Å². The highest BCUT2D eigenvalue weighted by molar-refractivity contribution is 5.94. The highest BCUT2D eigenvalue weighted by Crippen LogP contribution is 2.39. The van der Waals surface area contributed by atoms with E-state index in [2.05, 4.69) is 10.2 Å². The third-order valence-corrected chi connectivity index (χ3v) is 5.19. The number of methoxy groups -OCH3 is 4. The van der Waals surface area contributed by atoms with Crippen molar-refractivity contribution in [2.24, 2.45) is 0 Å². The van der Waals surface area contributed by atoms with Gasteiger partial charge in [-0.25, -0.2) is 0 Å². The fourth-order valence-corrected chi connectivity index (χ4v) is 3.75. The third-order valence-electron chi connectivity index (χ3n) is 5.19. The number of hydrogen-bond donors (Lipinski definition) is 1. The maximum absolute atomic E-state index is 12.8. The molecule has 1 atom stereocenters. The van der Waals surface area contributed by atoms with E-state index < -0.39 is 0 Å². The minimum Gasteiger partial charge on any atom is -0.497 e. The summed E-state index contributed by atoms with van der Waals surface area (Å²) in [5, 5.41) is 2.94. The summed E-state index contributed by atoms with van der Waals surface area (Å²) >= 11 is 0. The summed E-state index contributed by atoms with van der Waals surface area (Å²) in [5.74, 6) is 2.72. The van der Waals surface area contributed by atoms with Gasteiger partial charge in [-0.15, -0.1) is 0 Å². The van der Waals surface area contributed by atoms with Crippen molar-refractivity contribution in [2.45, 2.75) is 18.9 Å². The first-order valence-corrected chi connectivity index (χ1v) is 9.57. The molecule has 1 aliphatic heterocycles. The summed E-state index contributed by atoms with van der Waals surface area (Å²) in [4.78, 5) is 15.0. The molecule has 29 heavy (non-hydrogen) atoms. The quantitative estimate of drug-likeness (QED) is 0.732. The molecule has 1 N–H and O–H groups in total. The van der Waals surface area contributed by atoms with E-state index in [1.54, 1.807) is 46.6 Å². The molecule has 1 saturated heterocycles. The highest BCUT2D eigenvalue weighted by Gasteiger charge is 2.30. The summed E-state index contributed by atoms with van der Waals surface area (Å²) in [7, 11) is 6.46. The Morgan fingerprint density at radius 2 is 1.62 bits per heavy atom. The number of nitrogens with zero attached hydrogens (tertiary/aromatic N) is 1. The van der Waals surface area contributed by atoms with E-state index in [-0.39, 0.29) is 18.5 Å². The number of rotatable bonds is 8. The second kappa shape index (κ2) is 9.52. The standard InChI is InChI=1S/C22H28N2O5/c1-26-15-7-9-20(28-3)17(12-15)19-6-5-11-24(19)14-22(25)23-18-13-16(27-2)8-10-21(18)29-4/h7-10,12-13,19H,5-6,11,14H2,1-4H3,(H,23,25)/t19-/m1/s1. The van der Waals surface area contributed by atoms with E-state index in [1.165, 1.54) is 0 Å². The monoisotopic (exact) mass is 400 g/mol. The Morgan fingerprint density at radius 1 is 0.966 bits per heavy atom. The Kier molecular flexibility index (Phi) is 6.82. The Bertz CT molecular complexity index is 855. The predicted octanol–water partition coefficient (Wildman–Crippen LogP) is 3.50. The average molecular weight is 400 g/mol. The van der Waals surface area contributed by atoms with E-state index in [0.717, 1.165) is 36.4 Å². The van der Waals surface area contributed by atoms with Gasteiger partial charge in [0.2, 0.25) is 5.91 Å². The number of carbonyl (C=O) groups excluding carboxylic acids is 1. The van der Waals surface area contributed by atoms with Crippen molar-refractivity contribution in [3.63, 3.8) is 0 Å². The number of hydrogen-bond acceptors (Lipinski definition) is 6. The molecule has 1 fully saturated rings. The summed E-state index contributed by atoms with van der Waals surface area (Å²) in [6.45, 7) is 1.11. The molecular formula is C22H28N2O5. The fraction of sp³-hybridized carbons (Fsp3) is 0.409. The van der Waals surface area contributed by atoms with Gasteiger partial charge < -0.3 is 24.3 Å². The number of nitrogens with one attached hydrogen (secondary N) is 1. The molecule has 0 aromatic heterocycles. The zero-order chi connectivity index (χ0) is 20.8. The third kappa shape index (κ3) is 4.74. The van der Waals surface area contributed by atoms with Gasteiger partial charge >= 0.3 is 0 Å². The number of likely N-dealkylation sites (tertiary alicyclic amines) is 1. The molecule has 1 heterocycles. The molecule has 2 aromatic carbocycles. The van der Waals surface area contributed by atoms with Crippen LogP contribution >= 0.6 is 0 Å². The lowest BCUT2D eigenvalue weighted by Crippen LogP contribution is -2.33. The highest BCUT2D eigenvalue weighted by atomic mass is 16.5. The number of amides is 1. The maximum Gasteiger partial charge on any atom is 0.238 e. The molecule has 0 saturated carbocycles. The molecule has 3 rings (SSSR count). The summed E-state index contributed by atoms with van der Waals surface area (Å²) in [5.41, 5.74) is 1.63. The zero-order valence-electron chi connectivity index (χ0n) is 17.4. The van der Waals surface area contributed by atoms with Gasteiger partial charge in [-0.1, -0.05) is 0 Å². The van der Waals surface area contributed by atoms with Crippen LogP contribution in [-0.2, 0) is 4.79 Å². The lowest BCUT2D eigenvalue weighted by atomic mass is 10.0. The molecule has 2 aromatic rings. The number of anilines is 1. The van der Waals surface area contributed by atoms with Crippen LogP contribution in [0.5, 0.6) is 23.0 Å². The van der Waals surface area contributed by atoms with Gasteiger partial charge in [-0.2, -0.15) is 0 Å². The van der Waals surface area contributed by atoms with Crippen LogP contribution in [0.1, 0.15) is 24.4 Å². The average Bonchev–Trinajstić information content (AvgIpc) is 3.20. The Morgan fingerprint density at radius 3 is 2.28 bits per heavy atom. The van der Waals surface area contributed by atoms with Crippen LogP contribution in [0.3, 0.4) is 0 Å². The van der Waals surface area contributed by atoms with Crippen LogP contribution in [0.25, 0.3) is 0 Å². The molecule has 7 nitrogen and oxygen atoms in total. The first kappa shape index (κ1) is 20.8. The first-order valence-electron chi connectivity index (χ1n) is 9.57. The zero-order valence-corrected chi connectivity index (χ0v) is 17.4. The van der Waals surface area contributed by atoms with E-state index in [0.29, 0.717) is 17.2 Å². The lowest BCUT2D eigenvalue weighted by molar-refractivity contribution is -0.117. The van der Waals surface area contributed by atoms with Crippen LogP contribution in [0, 0.1) is 0 Å². The molecule has 0 bridgehead atoms. The van der Waals surface area contributed by atoms with Crippen molar-refractivity contribution in [2.75, 3.05) is 46.8 Å². The Hall–Kier alpha value is -2.93. The molecule has 1 amide bonds. The summed E-state index contributed by atoms with van der Waals surface area (Å²) in [6.07, 6.45) is 1.97. The molecule has 0 aliphatic carbocycles. The normalized spacial score (nSPS) is 16.3. The van der Waals surface area contributed by atoms with Gasteiger partial charge in [-0.3, -0.25) is 9.69 Å². The van der Waals surface area contributed by atoms with Crippen LogP contribution in [-0.4, -0.2) is 52.3 Å². The second-order valence-electron chi connectivity index (χ2n) is 6.85. The van der Waals surface area contributed by atoms with Gasteiger partial charge in [0.15, 0.2) is 0 Å². The first-order chi connectivity index (χ1) is 14.1. The van der Waals surface area contributed by atoms with Crippen LogP contribution in [0.2, 0.25) is 0 Å². The van der Waals surface area contributed by atoms with Gasteiger partial charge in [-0.05, 0) is 49.7 Å². The largest absolute Gasteiger partial charge is 0.497 e. The van der Waals surface area contributed by atoms with Crippen molar-refractivity contribution < 1.29 is 23.7 Å². The van der Waals surface area contributed by atoms with Crippen molar-refractivity contribution in [1.29, 1.82) is 0 Å². The molecule has 1 aliphatic rings. The molecule has 0 radical (unpaired) electrons. The van der Waals surface area contributed by atoms with E-state index in [9.17, 15) is 4.79 Å². The van der Waals surface area contributed by atoms with E-state index in [1.807, 2.05) is 18.2 Å². The van der Waals surface area contributed by atoms with Crippen molar-refractivity contribution in [3.05, 3.63) is 42.0 Å². The number of benzene rings is 2. The van der Waals surface area contributed by atoms with E-state index in [4.69, 9.17) is 18.9 Å². The SMILES string of the molecule is COc1ccc(OC)c(NC(=O)CN2CCC[C@@H]2c2cc(OC)ccc2OC)c1. The topological polar surface area (TPSA) is 69.3 Å². The summed E-state index contributed by atoms with van der Waals surface area (Å²) in [6, 6.07) is 11.2. The van der Waals surface area contributed by atoms with Gasteiger partial charge in [0, 0.05) is 17.7 Å². The van der Waals surface area contributed by atoms with Crippen LogP contribution in [0.4, 0.5) is 5.69 Å². The van der Waals surface area contributed by atoms with Gasteiger partial charge in [0.25, 0.3) is 0 Å². The Balaban J connectivity index is 1.76. The van der Waals surface area contributed by atoms with Gasteiger partial charge in [0.05, 0.1) is 40.7 Å². The van der Waals surface area contributed by atoms with Crippen molar-refractivity contribution in [3.8, 4) is 23.0 Å². The molecule has 7 heteroatoms. The second-order valence-corrected chi connectivity index (χ2v) is 6.85.